The van der Waals surface area contributed by atoms with Crippen molar-refractivity contribution >= 4 is 39.5 Å². The van der Waals surface area contributed by atoms with Crippen LogP contribution in [0.4, 0.5) is 21.0 Å². The van der Waals surface area contributed by atoms with Gasteiger partial charge in [0.05, 0.1) is 17.4 Å². The van der Waals surface area contributed by atoms with Gasteiger partial charge in [0.1, 0.15) is 6.61 Å². The first kappa shape index (κ1) is 29.0. The molecule has 206 valence electrons. The Kier molecular flexibility index (Phi) is 10.3. The molecule has 3 rings (SSSR count). The summed E-state index contributed by atoms with van der Waals surface area (Å²) in [4.78, 5) is 35.7. The van der Waals surface area contributed by atoms with Crippen LogP contribution in [0.1, 0.15) is 36.9 Å². The molecule has 3 amide bonds. The Morgan fingerprint density at radius 3 is 2.36 bits per heavy atom. The molecule has 0 saturated carbocycles. The predicted octanol–water partition coefficient (Wildman–Crippen LogP) is 4.46. The van der Waals surface area contributed by atoms with Crippen molar-refractivity contribution in [1.29, 1.82) is 0 Å². The normalized spacial score (nSPS) is 11.6. The van der Waals surface area contributed by atoms with Crippen molar-refractivity contribution in [2.45, 2.75) is 37.3 Å². The molecule has 0 bridgehead atoms. The van der Waals surface area contributed by atoms with E-state index in [9.17, 15) is 27.9 Å². The lowest BCUT2D eigenvalue weighted by molar-refractivity contribution is -0.137. The number of aliphatic carboxylic acids is 1. The van der Waals surface area contributed by atoms with Crippen molar-refractivity contribution in [2.24, 2.45) is 0 Å². The van der Waals surface area contributed by atoms with E-state index >= 15 is 0 Å². The van der Waals surface area contributed by atoms with Crippen LogP contribution in [0.2, 0.25) is 0 Å². The number of carboxylic acids is 1. The molecule has 1 unspecified atom stereocenters. The number of carboxylic acid groups (broad SMARTS) is 1. The lowest BCUT2D eigenvalue weighted by Gasteiger charge is -2.18. The zero-order valence-corrected chi connectivity index (χ0v) is 22.0. The Morgan fingerprint density at radius 1 is 0.923 bits per heavy atom. The van der Waals surface area contributed by atoms with Crippen LogP contribution in [-0.4, -0.2) is 38.2 Å². The van der Waals surface area contributed by atoms with Crippen molar-refractivity contribution in [1.82, 2.24) is 10.6 Å². The molecule has 3 aromatic rings. The molecule has 0 aliphatic carbocycles. The number of alkyl carbamates (subject to hydrolysis) is 1. The predicted molar refractivity (Wildman–Crippen MR) is 146 cm³/mol. The van der Waals surface area contributed by atoms with Gasteiger partial charge in [0, 0.05) is 17.9 Å². The van der Waals surface area contributed by atoms with Crippen LogP contribution in [-0.2, 0) is 26.2 Å². The summed E-state index contributed by atoms with van der Waals surface area (Å²) in [6, 6.07) is 19.3. The number of nitrogens with one attached hydrogen (secondary N) is 4. The molecule has 39 heavy (non-hydrogen) atoms. The molecular weight excluding hydrogens is 524 g/mol. The van der Waals surface area contributed by atoms with Crippen LogP contribution >= 0.6 is 0 Å². The minimum Gasteiger partial charge on any atom is -0.481 e. The van der Waals surface area contributed by atoms with Gasteiger partial charge in [-0.25, -0.2) is 18.0 Å². The van der Waals surface area contributed by atoms with Crippen molar-refractivity contribution < 1.29 is 32.6 Å². The highest BCUT2D eigenvalue weighted by atomic mass is 32.2. The van der Waals surface area contributed by atoms with Gasteiger partial charge < -0.3 is 25.8 Å². The summed E-state index contributed by atoms with van der Waals surface area (Å²) in [6.45, 7) is 2.39. The first-order valence-corrected chi connectivity index (χ1v) is 13.6. The monoisotopic (exact) mass is 554 g/mol. The quantitative estimate of drug-likeness (QED) is 0.221. The lowest BCUT2D eigenvalue weighted by atomic mass is 10.0. The average Bonchev–Trinajstić information content (AvgIpc) is 2.91. The summed E-state index contributed by atoms with van der Waals surface area (Å²) in [5.41, 5.74) is 1.57. The zero-order chi connectivity index (χ0) is 28.3. The summed E-state index contributed by atoms with van der Waals surface area (Å²) >= 11 is 0. The van der Waals surface area contributed by atoms with Crippen molar-refractivity contribution in [3.63, 3.8) is 0 Å². The molecule has 0 fully saturated rings. The van der Waals surface area contributed by atoms with Gasteiger partial charge in [0.15, 0.2) is 0 Å². The second-order valence-corrected chi connectivity index (χ2v) is 10.2. The van der Waals surface area contributed by atoms with Crippen LogP contribution in [0.25, 0.3) is 0 Å². The maximum absolute atomic E-state index is 13.0. The fourth-order valence-electron chi connectivity index (χ4n) is 3.52. The first-order chi connectivity index (χ1) is 18.7. The third kappa shape index (κ3) is 9.34. The molecule has 0 saturated heterocycles. The van der Waals surface area contributed by atoms with Crippen LogP contribution in [0.15, 0.2) is 83.8 Å². The minimum absolute atomic E-state index is 0.000484. The lowest BCUT2D eigenvalue weighted by Crippen LogP contribution is -2.30. The van der Waals surface area contributed by atoms with E-state index in [4.69, 9.17) is 4.74 Å². The molecule has 3 aromatic carbocycles. The van der Waals surface area contributed by atoms with E-state index in [1.807, 2.05) is 13.0 Å². The Bertz CT molecular complexity index is 1400. The summed E-state index contributed by atoms with van der Waals surface area (Å²) in [5.74, 6) is -1.17. The maximum Gasteiger partial charge on any atom is 0.407 e. The highest BCUT2D eigenvalue weighted by Crippen LogP contribution is 2.24. The number of benzene rings is 3. The SMILES string of the molecule is CCCNC(=O)Nc1cccc(S(=O)(=O)Nc2cccc(C(CC(=O)O)NC(=O)OCc3ccccc3)c2)c1. The van der Waals surface area contributed by atoms with Gasteiger partial charge in [-0.1, -0.05) is 55.5 Å². The summed E-state index contributed by atoms with van der Waals surface area (Å²) in [6.07, 6.45) is -0.518. The number of ether oxygens (including phenoxy) is 1. The third-order valence-electron chi connectivity index (χ3n) is 5.36. The van der Waals surface area contributed by atoms with Crippen LogP contribution in [0.5, 0.6) is 0 Å². The van der Waals surface area contributed by atoms with Gasteiger partial charge >= 0.3 is 18.1 Å². The zero-order valence-electron chi connectivity index (χ0n) is 21.2. The van der Waals surface area contributed by atoms with E-state index in [0.29, 0.717) is 17.8 Å². The topological polar surface area (TPSA) is 163 Å². The largest absolute Gasteiger partial charge is 0.481 e. The fraction of sp³-hybridized carbons (Fsp3) is 0.222. The van der Waals surface area contributed by atoms with E-state index in [0.717, 1.165) is 12.0 Å². The molecule has 11 nitrogen and oxygen atoms in total. The molecule has 0 aromatic heterocycles. The molecule has 0 heterocycles. The van der Waals surface area contributed by atoms with Gasteiger partial charge in [0.25, 0.3) is 10.0 Å². The van der Waals surface area contributed by atoms with Gasteiger partial charge in [-0.15, -0.1) is 0 Å². The molecule has 0 aliphatic heterocycles. The maximum atomic E-state index is 13.0. The fourth-order valence-corrected chi connectivity index (χ4v) is 4.62. The number of sulfonamides is 1. The summed E-state index contributed by atoms with van der Waals surface area (Å²) < 4.78 is 33.7. The van der Waals surface area contributed by atoms with Crippen LogP contribution < -0.4 is 20.7 Å². The van der Waals surface area contributed by atoms with Crippen LogP contribution in [0, 0.1) is 0 Å². The molecule has 0 spiro atoms. The minimum atomic E-state index is -4.07. The molecule has 12 heteroatoms. The van der Waals surface area contributed by atoms with Crippen LogP contribution in [0.3, 0.4) is 0 Å². The van der Waals surface area contributed by atoms with Gasteiger partial charge in [-0.2, -0.15) is 0 Å². The number of urea groups is 1. The highest BCUT2D eigenvalue weighted by Gasteiger charge is 2.21. The Balaban J connectivity index is 1.72. The number of carbonyl (C=O) groups is 3. The highest BCUT2D eigenvalue weighted by molar-refractivity contribution is 7.92. The van der Waals surface area contributed by atoms with Crippen molar-refractivity contribution in [3.8, 4) is 0 Å². The number of rotatable bonds is 12. The third-order valence-corrected chi connectivity index (χ3v) is 6.74. The van der Waals surface area contributed by atoms with E-state index in [1.54, 1.807) is 36.4 Å². The molecule has 0 aliphatic rings. The Labute approximate surface area is 226 Å². The summed E-state index contributed by atoms with van der Waals surface area (Å²) in [5, 5.41) is 17.1. The number of amides is 3. The van der Waals surface area contributed by atoms with Gasteiger partial charge in [0.2, 0.25) is 0 Å². The van der Waals surface area contributed by atoms with E-state index in [1.165, 1.54) is 36.4 Å². The number of anilines is 2. The summed E-state index contributed by atoms with van der Waals surface area (Å²) in [7, 11) is -4.07. The van der Waals surface area contributed by atoms with Gasteiger partial charge in [-0.3, -0.25) is 9.52 Å². The second kappa shape index (κ2) is 13.8. The second-order valence-electron chi connectivity index (χ2n) is 8.50. The molecule has 0 radical (unpaired) electrons. The number of hydrogen-bond acceptors (Lipinski definition) is 6. The van der Waals surface area contributed by atoms with E-state index in [-0.39, 0.29) is 17.2 Å². The first-order valence-electron chi connectivity index (χ1n) is 12.1. The van der Waals surface area contributed by atoms with Gasteiger partial charge in [-0.05, 0) is 47.9 Å². The molecule has 5 N–H and O–H groups in total. The van der Waals surface area contributed by atoms with E-state index in [2.05, 4.69) is 20.7 Å². The Hall–Kier alpha value is -4.58. The van der Waals surface area contributed by atoms with Crippen molar-refractivity contribution in [3.05, 3.63) is 90.0 Å². The Morgan fingerprint density at radius 2 is 1.64 bits per heavy atom. The molecular formula is C27H30N4O7S. The molecule has 1 atom stereocenters. The average molecular weight is 555 g/mol. The van der Waals surface area contributed by atoms with Crippen molar-refractivity contribution in [2.75, 3.05) is 16.6 Å². The number of hydrogen-bond donors (Lipinski definition) is 5. The van der Waals surface area contributed by atoms with E-state index < -0.39 is 40.6 Å². The standard InChI is InChI=1S/C27H30N4O7S/c1-2-14-28-26(34)29-21-11-7-13-23(16-21)39(36,37)31-22-12-6-10-20(15-22)24(17-25(32)33)30-27(35)38-18-19-8-4-3-5-9-19/h3-13,15-16,24,31H,2,14,17-18H2,1H3,(H,30,35)(H,32,33)(H2,28,29,34). The smallest absolute Gasteiger partial charge is 0.407 e. The number of carbonyl (C=O) groups excluding carboxylic acids is 2.